The van der Waals surface area contributed by atoms with Gasteiger partial charge < -0.3 is 11.1 Å². The van der Waals surface area contributed by atoms with Crippen molar-refractivity contribution in [3.63, 3.8) is 0 Å². The lowest BCUT2D eigenvalue weighted by atomic mass is 9.76. The molecule has 2 aliphatic rings. The molecule has 39 heavy (non-hydrogen) atoms. The Morgan fingerprint density at radius 3 is 2.82 bits per heavy atom. The monoisotopic (exact) mass is 617 g/mol. The van der Waals surface area contributed by atoms with Gasteiger partial charge in [0.2, 0.25) is 11.0 Å². The predicted octanol–water partition coefficient (Wildman–Crippen LogP) is 5.93. The summed E-state index contributed by atoms with van der Waals surface area (Å²) in [4.78, 5) is 31.3. The highest BCUT2D eigenvalue weighted by atomic mass is 35.5. The molecular formula is C25H18Cl3N7O2S2. The van der Waals surface area contributed by atoms with Crippen LogP contribution in [0.4, 0.5) is 10.8 Å². The molecule has 14 heteroatoms. The Hall–Kier alpha value is -3.14. The summed E-state index contributed by atoms with van der Waals surface area (Å²) < 4.78 is 0.510. The first-order valence-electron chi connectivity index (χ1n) is 11.6. The zero-order chi connectivity index (χ0) is 27.7. The maximum absolute atomic E-state index is 13.3. The summed E-state index contributed by atoms with van der Waals surface area (Å²) in [6.07, 6.45) is 3.06. The summed E-state index contributed by atoms with van der Waals surface area (Å²) in [7, 11) is 0. The van der Waals surface area contributed by atoms with E-state index in [1.54, 1.807) is 35.2 Å². The third kappa shape index (κ3) is 5.48. The molecule has 0 spiro atoms. The topological polar surface area (TPSA) is 138 Å². The fourth-order valence-corrected chi connectivity index (χ4v) is 6.86. The highest BCUT2D eigenvalue weighted by Crippen LogP contribution is 2.48. The second-order valence-corrected chi connectivity index (χ2v) is 11.9. The molecule has 0 bridgehead atoms. The van der Waals surface area contributed by atoms with Crippen molar-refractivity contribution in [2.24, 2.45) is 5.73 Å². The minimum absolute atomic E-state index is 0.0538. The normalized spacial score (nSPS) is 17.2. The number of hydrogen-bond donors (Lipinski definition) is 2. The Bertz CT molecular complexity index is 1600. The zero-order valence-corrected chi connectivity index (χ0v) is 23.9. The van der Waals surface area contributed by atoms with E-state index in [2.05, 4.69) is 26.6 Å². The first-order valence-corrected chi connectivity index (χ1v) is 14.5. The molecule has 1 amide bonds. The Balaban J connectivity index is 1.44. The number of thioether (sulfide) groups is 1. The van der Waals surface area contributed by atoms with Crippen LogP contribution in [0.25, 0.3) is 0 Å². The maximum atomic E-state index is 13.3. The number of hydrogen-bond acceptors (Lipinski definition) is 10. The highest BCUT2D eigenvalue weighted by molar-refractivity contribution is 8.01. The lowest BCUT2D eigenvalue weighted by Gasteiger charge is -2.38. The van der Waals surface area contributed by atoms with E-state index in [0.717, 1.165) is 0 Å². The van der Waals surface area contributed by atoms with E-state index in [4.69, 9.17) is 40.5 Å². The number of allylic oxidation sites excluding steroid dienone is 3. The molecule has 3 N–H and O–H groups in total. The fourth-order valence-electron chi connectivity index (χ4n) is 4.50. The molecule has 1 unspecified atom stereocenters. The van der Waals surface area contributed by atoms with Crippen LogP contribution in [0.5, 0.6) is 0 Å². The smallest absolute Gasteiger partial charge is 0.234 e. The number of aromatic nitrogens is 3. The number of Topliss-reactive ketones (excluding diaryl/α,β-unsaturated/α-hetero) is 1. The third-order valence-electron chi connectivity index (χ3n) is 6.13. The van der Waals surface area contributed by atoms with Crippen LogP contribution in [0.2, 0.25) is 15.2 Å². The van der Waals surface area contributed by atoms with Gasteiger partial charge in [0.25, 0.3) is 0 Å². The molecular weight excluding hydrogens is 601 g/mol. The summed E-state index contributed by atoms with van der Waals surface area (Å²) in [5.74, 6) is -0.885. The summed E-state index contributed by atoms with van der Waals surface area (Å²) in [6, 6.07) is 10.5. The number of pyridine rings is 1. The number of halogens is 3. The van der Waals surface area contributed by atoms with Gasteiger partial charge in [-0.3, -0.25) is 14.5 Å². The SMILES string of the molecule is N#CC1=C(N)N(c2nnc(SCC(=O)Nc3cccnc3Cl)s2)C2=C(C(=O)CCC2)C1c1ccc(Cl)cc1Cl. The molecule has 1 aliphatic carbocycles. The lowest BCUT2D eigenvalue weighted by Crippen LogP contribution is -2.38. The fraction of sp³-hybridized carbons (Fsp3) is 0.200. The minimum atomic E-state index is -0.719. The Morgan fingerprint density at radius 2 is 2.08 bits per heavy atom. The van der Waals surface area contributed by atoms with Crippen molar-refractivity contribution in [1.29, 1.82) is 5.26 Å². The standard InChI is InChI=1S/C25H18Cl3N7O2S2/c26-12-6-7-13(15(27)9-12)20-14(10-29)23(30)35(17-4-1-5-18(36)21(17)20)24-33-34-25(39-24)38-11-19(37)32-16-3-2-8-31-22(16)28/h2-3,6-9,20H,1,4-5,11,30H2,(H,32,37). The van der Waals surface area contributed by atoms with Gasteiger partial charge in [-0.15, -0.1) is 10.2 Å². The van der Waals surface area contributed by atoms with Crippen molar-refractivity contribution in [3.8, 4) is 6.07 Å². The van der Waals surface area contributed by atoms with E-state index in [-0.39, 0.29) is 34.0 Å². The number of nitrogens with zero attached hydrogens (tertiary/aromatic N) is 5. The quantitative estimate of drug-likeness (QED) is 0.254. The van der Waals surface area contributed by atoms with Gasteiger partial charge in [-0.1, -0.05) is 64.0 Å². The Morgan fingerprint density at radius 1 is 1.26 bits per heavy atom. The number of rotatable bonds is 6. The number of benzene rings is 1. The van der Waals surface area contributed by atoms with Gasteiger partial charge in [-0.2, -0.15) is 5.26 Å². The maximum Gasteiger partial charge on any atom is 0.234 e. The number of nitrogens with one attached hydrogen (secondary N) is 1. The van der Waals surface area contributed by atoms with Gasteiger partial charge in [-0.05, 0) is 42.7 Å². The average molecular weight is 619 g/mol. The molecule has 1 atom stereocenters. The molecule has 5 rings (SSSR count). The van der Waals surface area contributed by atoms with E-state index in [9.17, 15) is 14.9 Å². The molecule has 0 radical (unpaired) electrons. The van der Waals surface area contributed by atoms with Crippen LogP contribution in [0, 0.1) is 11.3 Å². The number of nitrogens with two attached hydrogens (primary N) is 1. The molecule has 0 saturated heterocycles. The molecule has 198 valence electrons. The van der Waals surface area contributed by atoms with Crippen molar-refractivity contribution in [1.82, 2.24) is 15.2 Å². The summed E-state index contributed by atoms with van der Waals surface area (Å²) in [6.45, 7) is 0. The minimum Gasteiger partial charge on any atom is -0.384 e. The van der Waals surface area contributed by atoms with Crippen molar-refractivity contribution >= 4 is 80.4 Å². The van der Waals surface area contributed by atoms with Gasteiger partial charge in [0.15, 0.2) is 15.3 Å². The van der Waals surface area contributed by atoms with Gasteiger partial charge >= 0.3 is 0 Å². The first kappa shape index (κ1) is 27.4. The molecule has 3 heterocycles. The molecule has 1 aromatic carbocycles. The van der Waals surface area contributed by atoms with Crippen LogP contribution in [0.15, 0.2) is 63.5 Å². The first-order chi connectivity index (χ1) is 18.8. The number of nitriles is 1. The number of carbonyl (C=O) groups is 2. The number of amides is 1. The lowest BCUT2D eigenvalue weighted by molar-refractivity contribution is -0.116. The predicted molar refractivity (Wildman–Crippen MR) is 153 cm³/mol. The second-order valence-electron chi connectivity index (χ2n) is 8.51. The molecule has 3 aromatic rings. The van der Waals surface area contributed by atoms with Gasteiger partial charge in [-0.25, -0.2) is 4.98 Å². The largest absolute Gasteiger partial charge is 0.384 e. The van der Waals surface area contributed by atoms with Crippen LogP contribution >= 0.6 is 57.9 Å². The molecule has 9 nitrogen and oxygen atoms in total. The summed E-state index contributed by atoms with van der Waals surface area (Å²) in [5.41, 5.74) is 8.88. The van der Waals surface area contributed by atoms with E-state index in [1.807, 2.05) is 0 Å². The molecule has 0 fully saturated rings. The molecule has 2 aromatic heterocycles. The van der Waals surface area contributed by atoms with Crippen LogP contribution in [0.3, 0.4) is 0 Å². The van der Waals surface area contributed by atoms with E-state index >= 15 is 0 Å². The zero-order valence-electron chi connectivity index (χ0n) is 20.0. The van der Waals surface area contributed by atoms with Crippen LogP contribution in [-0.2, 0) is 9.59 Å². The summed E-state index contributed by atoms with van der Waals surface area (Å²) in [5, 5.41) is 22.7. The van der Waals surface area contributed by atoms with E-state index in [1.165, 1.54) is 29.3 Å². The van der Waals surface area contributed by atoms with Crippen molar-refractivity contribution < 1.29 is 9.59 Å². The molecule has 1 aliphatic heterocycles. The Labute approximate surface area is 246 Å². The van der Waals surface area contributed by atoms with Gasteiger partial charge in [0.1, 0.15) is 5.82 Å². The van der Waals surface area contributed by atoms with Crippen LogP contribution in [0.1, 0.15) is 30.7 Å². The van der Waals surface area contributed by atoms with Crippen molar-refractivity contribution in [2.75, 3.05) is 16.0 Å². The van der Waals surface area contributed by atoms with Gasteiger partial charge in [0.05, 0.1) is 29.0 Å². The number of anilines is 2. The van der Waals surface area contributed by atoms with Crippen molar-refractivity contribution in [2.45, 2.75) is 29.5 Å². The Kier molecular flexibility index (Phi) is 8.11. The van der Waals surface area contributed by atoms with E-state index < -0.39 is 5.92 Å². The van der Waals surface area contributed by atoms with Crippen LogP contribution < -0.4 is 16.0 Å². The summed E-state index contributed by atoms with van der Waals surface area (Å²) >= 11 is 21.0. The third-order valence-corrected chi connectivity index (χ3v) is 9.04. The number of ketones is 1. The average Bonchev–Trinajstić information content (AvgIpc) is 3.37. The van der Waals surface area contributed by atoms with Crippen molar-refractivity contribution in [3.05, 3.63) is 80.0 Å². The van der Waals surface area contributed by atoms with Crippen LogP contribution in [-0.4, -0.2) is 32.6 Å². The van der Waals surface area contributed by atoms with E-state index in [0.29, 0.717) is 61.3 Å². The second kappa shape index (κ2) is 11.5. The number of carbonyl (C=O) groups excluding carboxylic acids is 2. The van der Waals surface area contributed by atoms with Gasteiger partial charge in [0, 0.05) is 33.9 Å². The highest BCUT2D eigenvalue weighted by Gasteiger charge is 2.42. The molecule has 0 saturated carbocycles.